The van der Waals surface area contributed by atoms with Crippen molar-refractivity contribution < 1.29 is 14.4 Å². The molecule has 1 aromatic heterocycles. The van der Waals surface area contributed by atoms with Crippen molar-refractivity contribution in [3.8, 4) is 0 Å². The molecule has 29 heavy (non-hydrogen) atoms. The van der Waals surface area contributed by atoms with E-state index in [0.717, 1.165) is 16.0 Å². The second-order valence-electron chi connectivity index (χ2n) is 7.27. The highest BCUT2D eigenvalue weighted by atomic mass is 16.2. The molecule has 2 heterocycles. The number of carbonyl (C=O) groups is 3. The highest BCUT2D eigenvalue weighted by Gasteiger charge is 2.55. The number of nitrogens with zero attached hydrogens (tertiary/aromatic N) is 1. The third kappa shape index (κ3) is 2.62. The standard InChI is InChI=1S/C20H17N5O4/c26-16(21-12-5-6-14-15(9-12)23-18(28)22-14)10-25-17(27)20(24-19(25)29)8-7-11-3-1-2-4-13(11)20/h1-6,9H,7-8,10H2,(H,21,26)(H,24,29)(H2,22,23,28)/t20-/m0/s1. The van der Waals surface area contributed by atoms with Crippen molar-refractivity contribution in [3.63, 3.8) is 0 Å². The fraction of sp³-hybridized carbons (Fsp3) is 0.200. The van der Waals surface area contributed by atoms with E-state index in [1.807, 2.05) is 24.3 Å². The van der Waals surface area contributed by atoms with Crippen LogP contribution in [-0.2, 0) is 21.5 Å². The van der Waals surface area contributed by atoms with Crippen molar-refractivity contribution >= 4 is 34.6 Å². The predicted octanol–water partition coefficient (Wildman–Crippen LogP) is 1.19. The van der Waals surface area contributed by atoms with Crippen LogP contribution in [-0.4, -0.2) is 39.3 Å². The summed E-state index contributed by atoms with van der Waals surface area (Å²) in [6, 6.07) is 11.8. The van der Waals surface area contributed by atoms with Gasteiger partial charge in [-0.05, 0) is 42.2 Å². The van der Waals surface area contributed by atoms with Crippen LogP contribution < -0.4 is 16.3 Å². The molecule has 1 aliphatic carbocycles. The van der Waals surface area contributed by atoms with Crippen LogP contribution in [0.4, 0.5) is 10.5 Å². The number of imide groups is 1. The SMILES string of the molecule is O=C(CN1C(=O)N[C@]2(CCc3ccccc32)C1=O)Nc1ccc2[nH]c(=O)[nH]c2c1. The molecular formula is C20H17N5O4. The van der Waals surface area contributed by atoms with E-state index in [-0.39, 0.29) is 5.69 Å². The smallest absolute Gasteiger partial charge is 0.324 e. The zero-order valence-corrected chi connectivity index (χ0v) is 15.2. The van der Waals surface area contributed by atoms with Crippen LogP contribution >= 0.6 is 0 Å². The van der Waals surface area contributed by atoms with Crippen LogP contribution in [0.5, 0.6) is 0 Å². The third-order valence-electron chi connectivity index (χ3n) is 5.52. The second-order valence-corrected chi connectivity index (χ2v) is 7.27. The lowest BCUT2D eigenvalue weighted by Gasteiger charge is -2.22. The molecule has 1 fully saturated rings. The number of aryl methyl sites for hydroxylation is 1. The molecule has 4 N–H and O–H groups in total. The summed E-state index contributed by atoms with van der Waals surface area (Å²) in [7, 11) is 0. The molecule has 1 aliphatic heterocycles. The Morgan fingerprint density at radius 2 is 1.86 bits per heavy atom. The maximum Gasteiger partial charge on any atom is 0.325 e. The minimum Gasteiger partial charge on any atom is -0.324 e. The molecule has 0 bridgehead atoms. The fourth-order valence-electron chi connectivity index (χ4n) is 4.19. The van der Waals surface area contributed by atoms with Crippen molar-refractivity contribution in [1.29, 1.82) is 0 Å². The van der Waals surface area contributed by atoms with Gasteiger partial charge in [0.1, 0.15) is 12.1 Å². The number of H-pyrrole nitrogens is 2. The molecular weight excluding hydrogens is 374 g/mol. The van der Waals surface area contributed by atoms with Crippen molar-refractivity contribution in [2.24, 2.45) is 0 Å². The summed E-state index contributed by atoms with van der Waals surface area (Å²) in [6.45, 7) is -0.393. The molecule has 9 nitrogen and oxygen atoms in total. The zero-order chi connectivity index (χ0) is 20.2. The summed E-state index contributed by atoms with van der Waals surface area (Å²) in [6.07, 6.45) is 1.17. The van der Waals surface area contributed by atoms with Crippen LogP contribution in [0.1, 0.15) is 17.5 Å². The Kier molecular flexibility index (Phi) is 3.60. The second kappa shape index (κ2) is 6.06. The minimum absolute atomic E-state index is 0.343. The number of aromatic nitrogens is 2. The summed E-state index contributed by atoms with van der Waals surface area (Å²) in [5.41, 5.74) is 2.01. The summed E-state index contributed by atoms with van der Waals surface area (Å²) < 4.78 is 0. The average molecular weight is 391 g/mol. The lowest BCUT2D eigenvalue weighted by molar-refractivity contribution is -0.134. The molecule has 2 aromatic carbocycles. The topological polar surface area (TPSA) is 127 Å². The van der Waals surface area contributed by atoms with Crippen LogP contribution in [0.3, 0.4) is 0 Å². The zero-order valence-electron chi connectivity index (χ0n) is 15.2. The molecule has 1 saturated heterocycles. The number of urea groups is 1. The highest BCUT2D eigenvalue weighted by Crippen LogP contribution is 2.41. The largest absolute Gasteiger partial charge is 0.325 e. The summed E-state index contributed by atoms with van der Waals surface area (Å²) in [5.74, 6) is -0.915. The lowest BCUT2D eigenvalue weighted by atomic mass is 9.92. The molecule has 0 radical (unpaired) electrons. The van der Waals surface area contributed by atoms with Gasteiger partial charge in [0, 0.05) is 5.69 Å². The van der Waals surface area contributed by atoms with Crippen LogP contribution in [0.15, 0.2) is 47.3 Å². The van der Waals surface area contributed by atoms with Gasteiger partial charge in [-0.3, -0.25) is 14.5 Å². The van der Waals surface area contributed by atoms with Gasteiger partial charge in [-0.25, -0.2) is 9.59 Å². The maximum atomic E-state index is 13.1. The van der Waals surface area contributed by atoms with Gasteiger partial charge in [-0.1, -0.05) is 24.3 Å². The Labute approximate surface area is 164 Å². The molecule has 2 aliphatic rings. The van der Waals surface area contributed by atoms with Crippen molar-refractivity contribution in [3.05, 3.63) is 64.1 Å². The highest BCUT2D eigenvalue weighted by molar-refractivity contribution is 6.11. The molecule has 1 atom stereocenters. The maximum absolute atomic E-state index is 13.1. The van der Waals surface area contributed by atoms with Gasteiger partial charge in [-0.2, -0.15) is 0 Å². The molecule has 4 amide bonds. The first-order valence-corrected chi connectivity index (χ1v) is 9.21. The Balaban J connectivity index is 1.35. The van der Waals surface area contributed by atoms with Gasteiger partial charge in [0.25, 0.3) is 5.91 Å². The van der Waals surface area contributed by atoms with Crippen LogP contribution in [0, 0.1) is 0 Å². The number of carbonyl (C=O) groups excluding carboxylic acids is 3. The Morgan fingerprint density at radius 3 is 2.72 bits per heavy atom. The van der Waals surface area contributed by atoms with Gasteiger partial charge in [0.05, 0.1) is 11.0 Å². The quantitative estimate of drug-likeness (QED) is 0.500. The Bertz CT molecular complexity index is 1240. The fourth-order valence-corrected chi connectivity index (χ4v) is 4.19. The first kappa shape index (κ1) is 17.2. The average Bonchev–Trinajstić information content (AvgIpc) is 3.32. The van der Waals surface area contributed by atoms with Gasteiger partial charge < -0.3 is 20.6 Å². The number of amides is 4. The monoisotopic (exact) mass is 391 g/mol. The number of anilines is 1. The number of imidazole rings is 1. The van der Waals surface area contributed by atoms with E-state index in [1.165, 1.54) is 0 Å². The molecule has 5 rings (SSSR count). The van der Waals surface area contributed by atoms with Crippen molar-refractivity contribution in [1.82, 2.24) is 20.2 Å². The lowest BCUT2D eigenvalue weighted by Crippen LogP contribution is -2.42. The number of aromatic amines is 2. The number of nitrogens with one attached hydrogen (secondary N) is 4. The van der Waals surface area contributed by atoms with E-state index in [0.29, 0.717) is 29.6 Å². The molecule has 0 unspecified atom stereocenters. The van der Waals surface area contributed by atoms with Crippen molar-refractivity contribution in [2.75, 3.05) is 11.9 Å². The summed E-state index contributed by atoms with van der Waals surface area (Å²) in [4.78, 5) is 55.6. The van der Waals surface area contributed by atoms with Gasteiger partial charge >= 0.3 is 11.7 Å². The third-order valence-corrected chi connectivity index (χ3v) is 5.52. The number of rotatable bonds is 3. The number of hydrogen-bond acceptors (Lipinski definition) is 4. The normalized spacial score (nSPS) is 20.3. The van der Waals surface area contributed by atoms with Crippen LogP contribution in [0.25, 0.3) is 11.0 Å². The van der Waals surface area contributed by atoms with Gasteiger partial charge in [0.2, 0.25) is 5.91 Å². The van der Waals surface area contributed by atoms with E-state index in [1.54, 1.807) is 18.2 Å². The van der Waals surface area contributed by atoms with E-state index in [9.17, 15) is 19.2 Å². The minimum atomic E-state index is -1.09. The molecule has 1 spiro atoms. The molecule has 3 aromatic rings. The Morgan fingerprint density at radius 1 is 1.07 bits per heavy atom. The van der Waals surface area contributed by atoms with E-state index < -0.39 is 29.9 Å². The number of benzene rings is 2. The number of hydrogen-bond donors (Lipinski definition) is 4. The van der Waals surface area contributed by atoms with E-state index in [2.05, 4.69) is 20.6 Å². The Hall–Kier alpha value is -3.88. The summed E-state index contributed by atoms with van der Waals surface area (Å²) in [5, 5.41) is 5.46. The molecule has 146 valence electrons. The predicted molar refractivity (Wildman–Crippen MR) is 104 cm³/mol. The van der Waals surface area contributed by atoms with E-state index >= 15 is 0 Å². The van der Waals surface area contributed by atoms with Crippen LogP contribution in [0.2, 0.25) is 0 Å². The molecule has 0 saturated carbocycles. The van der Waals surface area contributed by atoms with Crippen molar-refractivity contribution in [2.45, 2.75) is 18.4 Å². The molecule has 9 heteroatoms. The van der Waals surface area contributed by atoms with E-state index in [4.69, 9.17) is 0 Å². The number of fused-ring (bicyclic) bond motifs is 3. The van der Waals surface area contributed by atoms with Gasteiger partial charge in [0.15, 0.2) is 0 Å². The first-order valence-electron chi connectivity index (χ1n) is 9.21. The van der Waals surface area contributed by atoms with Gasteiger partial charge in [-0.15, -0.1) is 0 Å². The summed E-state index contributed by atoms with van der Waals surface area (Å²) >= 11 is 0. The first-order chi connectivity index (χ1) is 14.0.